The number of hydrogen-bond acceptors (Lipinski definition) is 5. The highest BCUT2D eigenvalue weighted by molar-refractivity contribution is 7.88. The summed E-state index contributed by atoms with van der Waals surface area (Å²) >= 11 is 0. The molecular formula is C24H33N3O3S. The highest BCUT2D eigenvalue weighted by Crippen LogP contribution is 2.34. The van der Waals surface area contributed by atoms with Gasteiger partial charge in [-0.3, -0.25) is 0 Å². The minimum atomic E-state index is -3.26. The largest absolute Gasteiger partial charge is 0.378 e. The first-order chi connectivity index (χ1) is 15.0. The summed E-state index contributed by atoms with van der Waals surface area (Å²) in [7, 11) is -3.26. The molecule has 2 atom stereocenters. The van der Waals surface area contributed by atoms with Crippen molar-refractivity contribution in [3.8, 4) is 0 Å². The quantitative estimate of drug-likeness (QED) is 0.708. The van der Waals surface area contributed by atoms with Crippen molar-refractivity contribution in [3.63, 3.8) is 0 Å². The molecule has 2 aliphatic rings. The number of ether oxygens (including phenoxy) is 1. The maximum Gasteiger partial charge on any atom is 0.208 e. The number of aromatic nitrogens is 1. The Labute approximate surface area is 186 Å². The molecule has 2 heterocycles. The zero-order valence-electron chi connectivity index (χ0n) is 18.2. The smallest absolute Gasteiger partial charge is 0.208 e. The molecule has 1 saturated heterocycles. The number of rotatable bonds is 7. The molecule has 31 heavy (non-hydrogen) atoms. The van der Waals surface area contributed by atoms with E-state index in [1.807, 2.05) is 18.2 Å². The molecular weight excluding hydrogens is 410 g/mol. The van der Waals surface area contributed by atoms with Crippen molar-refractivity contribution < 1.29 is 13.2 Å². The van der Waals surface area contributed by atoms with Gasteiger partial charge in [0.25, 0.3) is 0 Å². The Hall–Kier alpha value is -1.96. The van der Waals surface area contributed by atoms with Crippen LogP contribution < -0.4 is 9.62 Å². The van der Waals surface area contributed by atoms with E-state index in [0.29, 0.717) is 12.5 Å². The van der Waals surface area contributed by atoms with Crippen LogP contribution in [-0.4, -0.2) is 51.5 Å². The molecule has 0 spiro atoms. The van der Waals surface area contributed by atoms with Crippen LogP contribution in [0, 0.1) is 5.92 Å². The third-order valence-electron chi connectivity index (χ3n) is 6.56. The summed E-state index contributed by atoms with van der Waals surface area (Å²) in [6.45, 7) is 2.09. The minimum Gasteiger partial charge on any atom is -0.378 e. The molecule has 1 saturated carbocycles. The van der Waals surface area contributed by atoms with Crippen LogP contribution in [0.1, 0.15) is 43.6 Å². The number of anilines is 1. The fourth-order valence-electron chi connectivity index (χ4n) is 4.93. The van der Waals surface area contributed by atoms with Gasteiger partial charge in [-0.1, -0.05) is 36.4 Å². The summed E-state index contributed by atoms with van der Waals surface area (Å²) in [4.78, 5) is 6.71. The summed E-state index contributed by atoms with van der Waals surface area (Å²) < 4.78 is 33.0. The maximum absolute atomic E-state index is 11.9. The molecule has 4 rings (SSSR count). The molecule has 0 bridgehead atoms. The monoisotopic (exact) mass is 443 g/mol. The van der Waals surface area contributed by atoms with Gasteiger partial charge in [0.1, 0.15) is 5.82 Å². The number of hydrogen-bond donors (Lipinski definition) is 1. The fraction of sp³-hybridized carbons (Fsp3) is 0.542. The summed E-state index contributed by atoms with van der Waals surface area (Å²) in [5.41, 5.74) is 1.43. The van der Waals surface area contributed by atoms with E-state index in [1.54, 1.807) is 6.20 Å². The molecule has 1 aromatic carbocycles. The van der Waals surface area contributed by atoms with E-state index in [1.165, 1.54) is 11.8 Å². The summed E-state index contributed by atoms with van der Waals surface area (Å²) in [5.74, 6) is 1.65. The van der Waals surface area contributed by atoms with Crippen LogP contribution >= 0.6 is 0 Å². The van der Waals surface area contributed by atoms with Gasteiger partial charge in [-0.2, -0.15) is 0 Å². The second-order valence-corrected chi connectivity index (χ2v) is 10.7. The van der Waals surface area contributed by atoms with Crippen molar-refractivity contribution in [2.75, 3.05) is 30.9 Å². The Kier molecular flexibility index (Phi) is 7.25. The molecule has 168 valence electrons. The van der Waals surface area contributed by atoms with Gasteiger partial charge in [0.15, 0.2) is 0 Å². The maximum atomic E-state index is 11.9. The van der Waals surface area contributed by atoms with Crippen LogP contribution in [0.25, 0.3) is 0 Å². The van der Waals surface area contributed by atoms with Gasteiger partial charge in [0, 0.05) is 31.2 Å². The zero-order valence-corrected chi connectivity index (χ0v) is 19.0. The second-order valence-electron chi connectivity index (χ2n) is 8.90. The van der Waals surface area contributed by atoms with Crippen molar-refractivity contribution in [3.05, 3.63) is 60.3 Å². The van der Waals surface area contributed by atoms with Gasteiger partial charge in [-0.15, -0.1) is 0 Å². The Morgan fingerprint density at radius 1 is 1.03 bits per heavy atom. The first-order valence-electron chi connectivity index (χ1n) is 11.3. The van der Waals surface area contributed by atoms with Gasteiger partial charge >= 0.3 is 0 Å². The second kappa shape index (κ2) is 10.1. The lowest BCUT2D eigenvalue weighted by molar-refractivity contribution is -0.00213. The van der Waals surface area contributed by atoms with Crippen molar-refractivity contribution in [1.82, 2.24) is 9.71 Å². The highest BCUT2D eigenvalue weighted by Gasteiger charge is 2.33. The van der Waals surface area contributed by atoms with Crippen LogP contribution in [0.4, 0.5) is 5.82 Å². The standard InChI is InChI=1S/C24H33N3O3S/c1-31(28,29)26-23-14-16-27(24-9-5-6-15-25-24)17-21(23)18-30-22-12-10-20(11-13-22)19-7-3-2-4-8-19/h2-9,15,20-23,26H,10-14,16-18H2,1H3/t20-,21-,22+,23-/m0/s1. The van der Waals surface area contributed by atoms with E-state index in [-0.39, 0.29) is 18.1 Å². The van der Waals surface area contributed by atoms with E-state index in [0.717, 1.165) is 51.0 Å². The molecule has 1 aromatic heterocycles. The topological polar surface area (TPSA) is 71.5 Å². The Bertz CT molecular complexity index is 916. The molecule has 2 aromatic rings. The lowest BCUT2D eigenvalue weighted by Gasteiger charge is -2.40. The molecule has 6 nitrogen and oxygen atoms in total. The number of benzene rings is 1. The van der Waals surface area contributed by atoms with E-state index in [9.17, 15) is 8.42 Å². The molecule has 0 radical (unpaired) electrons. The van der Waals surface area contributed by atoms with E-state index in [4.69, 9.17) is 4.74 Å². The SMILES string of the molecule is CS(=O)(=O)N[C@H]1CCN(c2ccccn2)C[C@H]1CO[C@H]1CC[C@@H](c2ccccc2)CC1. The van der Waals surface area contributed by atoms with E-state index < -0.39 is 10.0 Å². The molecule has 2 fully saturated rings. The third kappa shape index (κ3) is 6.28. The van der Waals surface area contributed by atoms with Crippen molar-refractivity contribution >= 4 is 15.8 Å². The van der Waals surface area contributed by atoms with Crippen LogP contribution in [0.3, 0.4) is 0 Å². The van der Waals surface area contributed by atoms with Gasteiger partial charge in [0.2, 0.25) is 10.0 Å². The van der Waals surface area contributed by atoms with Crippen LogP contribution in [-0.2, 0) is 14.8 Å². The molecule has 0 unspecified atom stereocenters. The highest BCUT2D eigenvalue weighted by atomic mass is 32.2. The molecule has 1 N–H and O–H groups in total. The average Bonchev–Trinajstić information content (AvgIpc) is 2.79. The summed E-state index contributed by atoms with van der Waals surface area (Å²) in [5, 5.41) is 0. The zero-order chi connectivity index (χ0) is 21.7. The molecule has 7 heteroatoms. The number of pyridine rings is 1. The van der Waals surface area contributed by atoms with Crippen LogP contribution in [0.15, 0.2) is 54.7 Å². The van der Waals surface area contributed by atoms with Gasteiger partial charge < -0.3 is 9.64 Å². The minimum absolute atomic E-state index is 0.0947. The Balaban J connectivity index is 1.34. The average molecular weight is 444 g/mol. The van der Waals surface area contributed by atoms with Gasteiger partial charge in [-0.05, 0) is 55.7 Å². The molecule has 0 amide bonds. The van der Waals surface area contributed by atoms with Crippen molar-refractivity contribution in [2.24, 2.45) is 5.92 Å². The van der Waals surface area contributed by atoms with Gasteiger partial charge in [-0.25, -0.2) is 18.1 Å². The number of piperidine rings is 1. The summed E-state index contributed by atoms with van der Waals surface area (Å²) in [6, 6.07) is 16.5. The predicted molar refractivity (Wildman–Crippen MR) is 124 cm³/mol. The van der Waals surface area contributed by atoms with Crippen molar-refractivity contribution in [2.45, 2.75) is 50.2 Å². The van der Waals surface area contributed by atoms with E-state index >= 15 is 0 Å². The fourth-order valence-corrected chi connectivity index (χ4v) is 5.79. The lowest BCUT2D eigenvalue weighted by Crippen LogP contribution is -2.52. The normalized spacial score (nSPS) is 27.2. The predicted octanol–water partition coefficient (Wildman–Crippen LogP) is 3.57. The number of nitrogens with zero attached hydrogens (tertiary/aromatic N) is 2. The number of nitrogens with one attached hydrogen (secondary N) is 1. The molecule has 1 aliphatic heterocycles. The lowest BCUT2D eigenvalue weighted by atomic mass is 9.82. The summed E-state index contributed by atoms with van der Waals surface area (Å²) in [6.07, 6.45) is 8.44. The van der Waals surface area contributed by atoms with Crippen LogP contribution in [0.2, 0.25) is 0 Å². The first-order valence-corrected chi connectivity index (χ1v) is 13.2. The first kappa shape index (κ1) is 22.2. The van der Waals surface area contributed by atoms with Crippen molar-refractivity contribution in [1.29, 1.82) is 0 Å². The van der Waals surface area contributed by atoms with E-state index in [2.05, 4.69) is 44.9 Å². The Morgan fingerprint density at radius 3 is 2.45 bits per heavy atom. The number of sulfonamides is 1. The van der Waals surface area contributed by atoms with Crippen LogP contribution in [0.5, 0.6) is 0 Å². The Morgan fingerprint density at radius 2 is 1.77 bits per heavy atom. The third-order valence-corrected chi connectivity index (χ3v) is 7.29. The van der Waals surface area contributed by atoms with Gasteiger partial charge in [0.05, 0.1) is 19.0 Å². The molecule has 1 aliphatic carbocycles.